The molecule has 0 bridgehead atoms. The van der Waals surface area contributed by atoms with Crippen molar-refractivity contribution < 1.29 is 139 Å². The van der Waals surface area contributed by atoms with E-state index in [2.05, 4.69) is 39.0 Å². The molecule has 0 saturated heterocycles. The van der Waals surface area contributed by atoms with E-state index >= 15 is 0 Å². The minimum atomic E-state index is -4.02. The van der Waals surface area contributed by atoms with Crippen LogP contribution < -0.4 is 73.5 Å². The van der Waals surface area contributed by atoms with E-state index in [1.807, 2.05) is 25.1 Å². The van der Waals surface area contributed by atoms with E-state index in [1.165, 1.54) is 182 Å². The van der Waals surface area contributed by atoms with Gasteiger partial charge in [-0.2, -0.15) is 32.7 Å². The molecule has 6 aliphatic carbocycles. The van der Waals surface area contributed by atoms with Crippen LogP contribution in [0.2, 0.25) is 0 Å². The summed E-state index contributed by atoms with van der Waals surface area (Å²) in [5.41, 5.74) is 4.08. The maximum atomic E-state index is 13.9. The van der Waals surface area contributed by atoms with Gasteiger partial charge in [-0.15, -0.1) is 17.1 Å². The molecule has 0 aliphatic heterocycles. The fourth-order valence-corrected chi connectivity index (χ4v) is 16.3. The average molecular weight is 1550 g/mol. The van der Waals surface area contributed by atoms with Crippen molar-refractivity contribution in [1.29, 1.82) is 0 Å². The number of hydrogen-bond acceptors (Lipinski definition) is 4. The Labute approximate surface area is 661 Å². The van der Waals surface area contributed by atoms with Gasteiger partial charge in [-0.25, -0.2) is 26.3 Å². The molecule has 5 nitrogen and oxygen atoms in total. The largest absolute Gasteiger partial charge is 2.00 e. The molecule has 10 atom stereocenters. The maximum absolute atomic E-state index is 13.9. The van der Waals surface area contributed by atoms with Crippen LogP contribution in [0.25, 0.3) is 37.9 Å². The molecule has 1 N–H and O–H groups in total. The zero-order valence-corrected chi connectivity index (χ0v) is 67.2. The van der Waals surface area contributed by atoms with Gasteiger partial charge in [0, 0.05) is 45.5 Å². The summed E-state index contributed by atoms with van der Waals surface area (Å²) >= 11 is 0. The van der Waals surface area contributed by atoms with Crippen molar-refractivity contribution >= 4 is 76.8 Å². The van der Waals surface area contributed by atoms with Crippen molar-refractivity contribution in [3.8, 4) is 0 Å². The first-order valence-corrected chi connectivity index (χ1v) is 35.8. The summed E-state index contributed by atoms with van der Waals surface area (Å²) in [4.78, 5) is 11.3. The molecule has 7 aromatic carbocycles. The van der Waals surface area contributed by atoms with Crippen LogP contribution in [0.4, 0.5) is 26.3 Å². The quantitative estimate of drug-likeness (QED) is 0.0672. The molecule has 6 aliphatic rings. The van der Waals surface area contributed by atoms with Gasteiger partial charge < -0.3 is 29.5 Å². The predicted octanol–water partition coefficient (Wildman–Crippen LogP) is 16.5. The third kappa shape index (κ3) is 26.4. The topological polar surface area (TPSA) is 94.5 Å². The SMILES string of the molecule is CC(C)(C)[O-].CCCC1CCC2C=C(c3ccc4c(F)c(F)ccc4c3)CCC2C1.CCCC1CCC2CC(=O)CCC2C1.CCCC1CCC2CC(c3ccc4c(F)c(F)ccc4c3)CCC2C1.Cc1ccc(S(=O)(=O)O)cc1.Fc1ccc2c[c-]ccc2c1F.[Br-].[CH3-].[HH].[K+].[Mg+2].[Pd]. The summed E-state index contributed by atoms with van der Waals surface area (Å²) in [5, 5.41) is 13.4. The van der Waals surface area contributed by atoms with Gasteiger partial charge in [0.25, 0.3) is 10.1 Å². The van der Waals surface area contributed by atoms with E-state index in [0.29, 0.717) is 39.2 Å². The molecule has 5 saturated carbocycles. The number of halogens is 7. The fourth-order valence-electron chi connectivity index (χ4n) is 15.8. The summed E-state index contributed by atoms with van der Waals surface area (Å²) in [7, 11) is -4.02. The Balaban J connectivity index is 0.000000418. The Bertz CT molecular complexity index is 3720. The number of carbonyl (C=O) groups excluding carboxylic acids is 1. The summed E-state index contributed by atoms with van der Waals surface area (Å²) in [6.07, 6.45) is 32.3. The molecule has 0 aromatic heterocycles. The smallest absolute Gasteiger partial charge is 1.00 e. The van der Waals surface area contributed by atoms with Crippen LogP contribution >= 0.6 is 0 Å². The number of ketones is 1. The number of carbonyl (C=O) groups is 1. The molecule has 5 fully saturated rings. The zero-order valence-electron chi connectivity index (χ0n) is 58.7. The standard InChI is InChI=1S/C23H28F2.C23H26F2.C13H22O.C10H5F2.C7H8O3S.C4H9O.CH3.BrH.K.Mg.Pd.H2/c2*1-2-3-15-4-5-17-13-18(7-6-16(17)12-15)19-8-10-21-20(14-19)9-11-22(24)23(21)25;1-2-3-10-4-5-12-9-13(14)7-6-11(12)8-10;11-9-6-5-7-3-1-2-4-8(7)10(9)12;1-6-2-4-7(5-3-6)11(8,9)10;1-4(2,3)5;;;;;;/h8-11,14-18H,2-7,12-13H2,1H3;8-11,13-17H,2-7,12H2,1H3;10-12H,2-9H2,1H3;2-6H;2-5H,1H3,(H,8,9,10);1-3H3;1H3;1H;;;;1H/q;;;-1;;2*-1;;+1;+2;;/p-1. The van der Waals surface area contributed by atoms with Crippen LogP contribution in [0.1, 0.15) is 213 Å². The first-order valence-electron chi connectivity index (χ1n) is 34.4. The van der Waals surface area contributed by atoms with E-state index in [-0.39, 0.29) is 126 Å². The normalized spacial score (nSPS) is 23.1. The number of benzene rings is 7. The van der Waals surface area contributed by atoms with E-state index < -0.39 is 50.6 Å². The second-order valence-electron chi connectivity index (χ2n) is 28.4. The second kappa shape index (κ2) is 42.5. The molecule has 0 spiro atoms. The van der Waals surface area contributed by atoms with Gasteiger partial charge in [0.15, 0.2) is 29.1 Å². The Morgan fingerprint density at radius 2 is 1.02 bits per heavy atom. The molecule has 7 aromatic rings. The number of allylic oxidation sites excluding steroid dienone is 2. The third-order valence-corrected chi connectivity index (χ3v) is 21.3. The number of Topliss-reactive ketones (excluding diaryl/α,β-unsaturated/α-hetero) is 1. The van der Waals surface area contributed by atoms with Gasteiger partial charge in [0.1, 0.15) is 11.6 Å². The van der Waals surface area contributed by atoms with Crippen molar-refractivity contribution in [3.05, 3.63) is 186 Å². The van der Waals surface area contributed by atoms with Crippen LogP contribution in [-0.4, -0.2) is 47.4 Å². The molecule has 16 heteroatoms. The van der Waals surface area contributed by atoms with Crippen LogP contribution in [0.5, 0.6) is 0 Å². The Kier molecular flexibility index (Phi) is 39.0. The number of aryl methyl sites for hydroxylation is 1. The number of rotatable bonds is 9. The van der Waals surface area contributed by atoms with Crippen LogP contribution in [0, 0.1) is 109 Å². The molecule has 526 valence electrons. The molecule has 0 radical (unpaired) electrons. The van der Waals surface area contributed by atoms with Gasteiger partial charge in [-0.3, -0.25) is 9.35 Å². The molecule has 13 rings (SSSR count). The summed E-state index contributed by atoms with van der Waals surface area (Å²) in [6.45, 7) is 13.6. The van der Waals surface area contributed by atoms with E-state index in [0.717, 1.165) is 89.0 Å². The molecule has 0 amide bonds. The van der Waals surface area contributed by atoms with Gasteiger partial charge >= 0.3 is 74.4 Å². The zero-order chi connectivity index (χ0) is 66.3. The maximum Gasteiger partial charge on any atom is 2.00 e. The summed E-state index contributed by atoms with van der Waals surface area (Å²) < 4.78 is 110. The van der Waals surface area contributed by atoms with E-state index in [4.69, 9.17) is 4.55 Å². The van der Waals surface area contributed by atoms with E-state index in [1.54, 1.807) is 69.3 Å². The Hall–Kier alpha value is -2.28. The van der Waals surface area contributed by atoms with Crippen molar-refractivity contribution in [3.63, 3.8) is 0 Å². The van der Waals surface area contributed by atoms with Gasteiger partial charge in [-0.05, 0) is 213 Å². The van der Waals surface area contributed by atoms with Gasteiger partial charge in [0.2, 0.25) is 0 Å². The molecule has 97 heavy (non-hydrogen) atoms. The number of fused-ring (bicyclic) bond motifs is 6. The van der Waals surface area contributed by atoms with Crippen molar-refractivity contribution in [2.24, 2.45) is 53.3 Å². The van der Waals surface area contributed by atoms with Gasteiger partial charge in [0.05, 0.1) is 4.90 Å². The third-order valence-electron chi connectivity index (χ3n) is 20.4. The van der Waals surface area contributed by atoms with Crippen molar-refractivity contribution in [2.45, 2.75) is 213 Å². The molecule has 0 heterocycles. The molecular weight excluding hydrogens is 1450 g/mol. The minimum Gasteiger partial charge on any atom is -1.00 e. The molecule has 10 unspecified atom stereocenters. The summed E-state index contributed by atoms with van der Waals surface area (Å²) in [6, 6.07) is 33.6. The van der Waals surface area contributed by atoms with Crippen molar-refractivity contribution in [1.82, 2.24) is 0 Å². The van der Waals surface area contributed by atoms with Gasteiger partial charge in [-0.1, -0.05) is 165 Å². The minimum absolute atomic E-state index is 0. The summed E-state index contributed by atoms with van der Waals surface area (Å²) in [5.74, 6) is 4.40. The second-order valence-corrected chi connectivity index (χ2v) is 29.9. The average Bonchev–Trinajstić information content (AvgIpc) is 0.796. The van der Waals surface area contributed by atoms with Crippen LogP contribution in [-0.2, 0) is 35.3 Å². The van der Waals surface area contributed by atoms with Crippen LogP contribution in [0.3, 0.4) is 0 Å². The Morgan fingerprint density at radius 1 is 0.567 bits per heavy atom. The molecular formula is C81H103BrF6KMgO5PdS-. The van der Waals surface area contributed by atoms with Crippen molar-refractivity contribution in [2.75, 3.05) is 0 Å². The van der Waals surface area contributed by atoms with Crippen LogP contribution in [0.15, 0.2) is 126 Å². The Morgan fingerprint density at radius 3 is 1.57 bits per heavy atom. The first kappa shape index (κ1) is 88.9. The van der Waals surface area contributed by atoms with E-state index in [9.17, 15) is 44.7 Å². The monoisotopic (exact) mass is 1550 g/mol. The first-order chi connectivity index (χ1) is 43.9. The number of hydrogen-bond donors (Lipinski definition) is 1. The fraction of sp³-hybridized carbons (Fsp3) is 0.506. The predicted molar refractivity (Wildman–Crippen MR) is 376 cm³/mol.